The summed E-state index contributed by atoms with van der Waals surface area (Å²) in [7, 11) is 0. The SMILES string of the molecule is CC(C)c1ccc(/C=N\NC(=O)C2CC[NH+](Cc3ccc([N+](=O)[O-])cc3)CC2)cc1. The molecule has 0 radical (unpaired) electrons. The van der Waals surface area contributed by atoms with E-state index >= 15 is 0 Å². The van der Waals surface area contributed by atoms with Gasteiger partial charge in [-0.2, -0.15) is 5.10 Å². The minimum absolute atomic E-state index is 0.0222. The number of hydrogen-bond acceptors (Lipinski definition) is 4. The van der Waals surface area contributed by atoms with E-state index in [-0.39, 0.29) is 22.4 Å². The second kappa shape index (κ2) is 10.1. The summed E-state index contributed by atoms with van der Waals surface area (Å²) in [5.41, 5.74) is 6.10. The zero-order valence-corrected chi connectivity index (χ0v) is 17.5. The number of benzene rings is 2. The number of likely N-dealkylation sites (tertiary alicyclic amines) is 1. The highest BCUT2D eigenvalue weighted by atomic mass is 16.6. The first-order chi connectivity index (χ1) is 14.4. The fourth-order valence-corrected chi connectivity index (χ4v) is 3.72. The molecular formula is C23H29N4O3+. The van der Waals surface area contributed by atoms with Gasteiger partial charge in [-0.25, -0.2) is 5.43 Å². The van der Waals surface area contributed by atoms with E-state index in [1.54, 1.807) is 18.3 Å². The molecule has 0 spiro atoms. The maximum atomic E-state index is 12.4. The molecule has 1 heterocycles. The van der Waals surface area contributed by atoms with Gasteiger partial charge in [0.1, 0.15) is 6.54 Å². The topological polar surface area (TPSA) is 89.0 Å². The van der Waals surface area contributed by atoms with Crippen LogP contribution in [0, 0.1) is 16.0 Å². The van der Waals surface area contributed by atoms with Crippen LogP contribution in [0.3, 0.4) is 0 Å². The molecule has 1 amide bonds. The van der Waals surface area contributed by atoms with E-state index < -0.39 is 0 Å². The first-order valence-corrected chi connectivity index (χ1v) is 10.4. The van der Waals surface area contributed by atoms with Crippen molar-refractivity contribution < 1.29 is 14.6 Å². The highest BCUT2D eigenvalue weighted by molar-refractivity contribution is 5.83. The summed E-state index contributed by atoms with van der Waals surface area (Å²) >= 11 is 0. The lowest BCUT2D eigenvalue weighted by Gasteiger charge is -2.28. The lowest BCUT2D eigenvalue weighted by molar-refractivity contribution is -0.919. The lowest BCUT2D eigenvalue weighted by Crippen LogP contribution is -3.11. The highest BCUT2D eigenvalue weighted by Gasteiger charge is 2.27. The maximum absolute atomic E-state index is 12.4. The minimum Gasteiger partial charge on any atom is -0.331 e. The molecule has 0 aliphatic carbocycles. The Morgan fingerprint density at radius 2 is 1.80 bits per heavy atom. The molecule has 2 N–H and O–H groups in total. The van der Waals surface area contributed by atoms with Crippen LogP contribution in [0.1, 0.15) is 49.3 Å². The third-order valence-corrected chi connectivity index (χ3v) is 5.66. The Bertz CT molecular complexity index is 884. The average Bonchev–Trinajstić information content (AvgIpc) is 2.75. The fourth-order valence-electron chi connectivity index (χ4n) is 3.72. The van der Waals surface area contributed by atoms with E-state index in [1.807, 2.05) is 24.3 Å². The Labute approximate surface area is 176 Å². The first kappa shape index (κ1) is 21.6. The van der Waals surface area contributed by atoms with Crippen LogP contribution in [0.2, 0.25) is 0 Å². The van der Waals surface area contributed by atoms with Gasteiger partial charge in [0.2, 0.25) is 5.91 Å². The fraction of sp³-hybridized carbons (Fsp3) is 0.391. The summed E-state index contributed by atoms with van der Waals surface area (Å²) in [6.07, 6.45) is 3.30. The van der Waals surface area contributed by atoms with Gasteiger partial charge < -0.3 is 4.90 Å². The van der Waals surface area contributed by atoms with Gasteiger partial charge in [-0.1, -0.05) is 38.1 Å². The number of piperidine rings is 1. The Hall–Kier alpha value is -3.06. The minimum atomic E-state index is -0.385. The number of carbonyl (C=O) groups is 1. The summed E-state index contributed by atoms with van der Waals surface area (Å²) in [6.45, 7) is 6.92. The smallest absolute Gasteiger partial charge is 0.269 e. The van der Waals surface area contributed by atoms with Crippen molar-refractivity contribution in [2.24, 2.45) is 11.0 Å². The number of hydrogen-bond donors (Lipinski definition) is 2. The number of non-ortho nitro benzene ring substituents is 1. The Morgan fingerprint density at radius 1 is 1.17 bits per heavy atom. The van der Waals surface area contributed by atoms with Gasteiger partial charge >= 0.3 is 0 Å². The Kier molecular flexibility index (Phi) is 7.30. The Morgan fingerprint density at radius 3 is 2.37 bits per heavy atom. The molecule has 0 unspecified atom stereocenters. The normalized spacial score (nSPS) is 19.2. The first-order valence-electron chi connectivity index (χ1n) is 10.4. The molecule has 2 aromatic rings. The molecule has 30 heavy (non-hydrogen) atoms. The molecule has 158 valence electrons. The van der Waals surface area contributed by atoms with E-state index in [1.165, 1.54) is 10.5 Å². The van der Waals surface area contributed by atoms with Crippen molar-refractivity contribution in [1.29, 1.82) is 0 Å². The summed E-state index contributed by atoms with van der Waals surface area (Å²) in [6, 6.07) is 14.9. The molecule has 3 rings (SSSR count). The van der Waals surface area contributed by atoms with E-state index in [4.69, 9.17) is 0 Å². The van der Waals surface area contributed by atoms with Gasteiger partial charge in [0, 0.05) is 30.5 Å². The number of nitro benzene ring substituents is 1. The predicted octanol–water partition coefficient (Wildman–Crippen LogP) is 2.66. The second-order valence-electron chi connectivity index (χ2n) is 8.18. The Balaban J connectivity index is 1.43. The number of amides is 1. The number of nitrogens with zero attached hydrogens (tertiary/aromatic N) is 2. The number of nitrogens with one attached hydrogen (secondary N) is 2. The molecular weight excluding hydrogens is 380 g/mol. The van der Waals surface area contributed by atoms with Crippen molar-refractivity contribution in [2.45, 2.75) is 39.2 Å². The summed E-state index contributed by atoms with van der Waals surface area (Å²) in [5, 5.41) is 14.9. The van der Waals surface area contributed by atoms with E-state index in [0.717, 1.165) is 43.6 Å². The molecule has 0 atom stereocenters. The molecule has 1 saturated heterocycles. The van der Waals surface area contributed by atoms with Gasteiger partial charge in [0.05, 0.1) is 30.1 Å². The van der Waals surface area contributed by atoms with Crippen molar-refractivity contribution in [3.63, 3.8) is 0 Å². The van der Waals surface area contributed by atoms with Crippen LogP contribution in [-0.2, 0) is 11.3 Å². The number of nitro groups is 1. The van der Waals surface area contributed by atoms with Crippen LogP contribution in [0.25, 0.3) is 0 Å². The molecule has 0 saturated carbocycles. The molecule has 2 aromatic carbocycles. The summed E-state index contributed by atoms with van der Waals surface area (Å²) in [5.74, 6) is 0.439. The van der Waals surface area contributed by atoms with Gasteiger partial charge in [-0.05, 0) is 29.2 Å². The van der Waals surface area contributed by atoms with Crippen molar-refractivity contribution in [2.75, 3.05) is 13.1 Å². The van der Waals surface area contributed by atoms with E-state index in [0.29, 0.717) is 5.92 Å². The molecule has 7 nitrogen and oxygen atoms in total. The third-order valence-electron chi connectivity index (χ3n) is 5.66. The van der Waals surface area contributed by atoms with Gasteiger partial charge in [0.25, 0.3) is 5.69 Å². The molecule has 7 heteroatoms. The third kappa shape index (κ3) is 5.97. The van der Waals surface area contributed by atoms with Crippen LogP contribution in [0.15, 0.2) is 53.6 Å². The van der Waals surface area contributed by atoms with E-state index in [2.05, 4.69) is 36.5 Å². The quantitative estimate of drug-likeness (QED) is 0.419. The molecule has 0 bridgehead atoms. The van der Waals surface area contributed by atoms with Gasteiger partial charge in [-0.15, -0.1) is 0 Å². The average molecular weight is 410 g/mol. The van der Waals surface area contributed by atoms with Crippen LogP contribution in [0.5, 0.6) is 0 Å². The van der Waals surface area contributed by atoms with Gasteiger partial charge in [0.15, 0.2) is 0 Å². The molecule has 1 aliphatic rings. The standard InChI is InChI=1S/C23H28N4O3/c1-17(2)20-7-3-18(4-8-20)15-24-25-23(28)21-11-13-26(14-12-21)16-19-5-9-22(10-6-19)27(29)30/h3-10,15,17,21H,11-14,16H2,1-2H3,(H,25,28)/p+1/b24-15-. The number of hydrazone groups is 1. The highest BCUT2D eigenvalue weighted by Crippen LogP contribution is 2.14. The monoisotopic (exact) mass is 409 g/mol. The summed E-state index contributed by atoms with van der Waals surface area (Å²) in [4.78, 5) is 24.2. The predicted molar refractivity (Wildman–Crippen MR) is 116 cm³/mol. The second-order valence-corrected chi connectivity index (χ2v) is 8.18. The van der Waals surface area contributed by atoms with Crippen LogP contribution in [0.4, 0.5) is 5.69 Å². The molecule has 0 aromatic heterocycles. The number of quaternary nitrogens is 1. The van der Waals surface area contributed by atoms with Crippen molar-refractivity contribution >= 4 is 17.8 Å². The van der Waals surface area contributed by atoms with Crippen LogP contribution < -0.4 is 10.3 Å². The summed E-state index contributed by atoms with van der Waals surface area (Å²) < 4.78 is 0. The molecule has 1 aliphatic heterocycles. The van der Waals surface area contributed by atoms with Crippen molar-refractivity contribution in [1.82, 2.24) is 5.43 Å². The molecule has 1 fully saturated rings. The zero-order chi connectivity index (χ0) is 21.5. The largest absolute Gasteiger partial charge is 0.331 e. The van der Waals surface area contributed by atoms with E-state index in [9.17, 15) is 14.9 Å². The zero-order valence-electron chi connectivity index (χ0n) is 17.5. The van der Waals surface area contributed by atoms with Crippen LogP contribution >= 0.6 is 0 Å². The van der Waals surface area contributed by atoms with Gasteiger partial charge in [-0.3, -0.25) is 14.9 Å². The van der Waals surface area contributed by atoms with Crippen LogP contribution in [-0.4, -0.2) is 30.1 Å². The maximum Gasteiger partial charge on any atom is 0.269 e. The number of carbonyl (C=O) groups excluding carboxylic acids is 1. The van der Waals surface area contributed by atoms with Crippen molar-refractivity contribution in [3.05, 3.63) is 75.3 Å². The lowest BCUT2D eigenvalue weighted by atomic mass is 9.96. The number of rotatable bonds is 7. The van der Waals surface area contributed by atoms with Crippen molar-refractivity contribution in [3.8, 4) is 0 Å².